The molecular weight excluding hydrogens is 671 g/mol. The van der Waals surface area contributed by atoms with E-state index < -0.39 is 0 Å². The van der Waals surface area contributed by atoms with Gasteiger partial charge < -0.3 is 14.4 Å². The van der Waals surface area contributed by atoms with Gasteiger partial charge in [0.15, 0.2) is 0 Å². The molecule has 3 heteroatoms. The second-order valence-corrected chi connectivity index (χ2v) is 14.2. The molecule has 0 unspecified atom stereocenters. The Labute approximate surface area is 320 Å². The Balaban J connectivity index is 1.03. The van der Waals surface area contributed by atoms with E-state index in [1.54, 1.807) is 0 Å². The molecule has 0 amide bonds. The normalized spacial score (nSPS) is 13.1. The number of hydrogen-bond acceptors (Lipinski definition) is 3. The van der Waals surface area contributed by atoms with Crippen LogP contribution in [-0.2, 0) is 0 Å². The highest BCUT2D eigenvalue weighted by Crippen LogP contribution is 2.42. The van der Waals surface area contributed by atoms with Gasteiger partial charge >= 0.3 is 0 Å². The van der Waals surface area contributed by atoms with Gasteiger partial charge in [0.2, 0.25) is 0 Å². The number of hydrogen-bond donors (Lipinski definition) is 1. The Morgan fingerprint density at radius 3 is 1.55 bits per heavy atom. The predicted octanol–water partition coefficient (Wildman–Crippen LogP) is 14.5. The number of furan rings is 1. The lowest BCUT2D eigenvalue weighted by Gasteiger charge is -2.32. The van der Waals surface area contributed by atoms with Crippen molar-refractivity contribution in [1.82, 2.24) is 0 Å². The molecule has 1 N–H and O–H groups in total. The smallest absolute Gasteiger partial charge is 0.136 e. The fourth-order valence-electron chi connectivity index (χ4n) is 8.07. The van der Waals surface area contributed by atoms with Crippen LogP contribution >= 0.6 is 0 Å². The zero-order chi connectivity index (χ0) is 36.7. The molecule has 55 heavy (non-hydrogen) atoms. The molecule has 0 aliphatic heterocycles. The first-order valence-electron chi connectivity index (χ1n) is 18.9. The second kappa shape index (κ2) is 13.7. The molecule has 0 bridgehead atoms. The van der Waals surface area contributed by atoms with Crippen molar-refractivity contribution in [3.63, 3.8) is 0 Å². The molecule has 1 aliphatic carbocycles. The summed E-state index contributed by atoms with van der Waals surface area (Å²) in [6.07, 6.45) is 3.48. The minimum atomic E-state index is 0.316. The maximum atomic E-state index is 11.4. The van der Waals surface area contributed by atoms with Gasteiger partial charge in [-0.05, 0) is 123 Å². The van der Waals surface area contributed by atoms with Crippen LogP contribution in [0.15, 0.2) is 210 Å². The first kappa shape index (κ1) is 32.5. The summed E-state index contributed by atoms with van der Waals surface area (Å²) in [7, 11) is 0. The molecule has 1 aromatic heterocycles. The SMILES string of the molecule is OC1=CCCC(N(c2ccc(-c3ccc4cc(-c5ccccc5)ccc4c3)cc2)c2ccc(-c3ccc4c(c3)oc3ccccc34)cc2)=C1c1ccccc1. The third-order valence-electron chi connectivity index (χ3n) is 10.8. The summed E-state index contributed by atoms with van der Waals surface area (Å²) in [6, 6.07) is 66.3. The Morgan fingerprint density at radius 1 is 0.418 bits per heavy atom. The van der Waals surface area contributed by atoms with Gasteiger partial charge in [-0.15, -0.1) is 0 Å². The summed E-state index contributed by atoms with van der Waals surface area (Å²) in [6.45, 7) is 0. The van der Waals surface area contributed by atoms with Crippen molar-refractivity contribution in [2.75, 3.05) is 4.90 Å². The highest BCUT2D eigenvalue weighted by atomic mass is 16.3. The maximum Gasteiger partial charge on any atom is 0.136 e. The third-order valence-corrected chi connectivity index (χ3v) is 10.8. The third kappa shape index (κ3) is 6.06. The van der Waals surface area contributed by atoms with E-state index in [1.807, 2.05) is 36.4 Å². The standard InChI is InChI=1S/C52H37NO2/c54-49-16-9-15-48(52(49)38-12-5-2-6-13-38)53(45-29-24-37(25-30-45)43-26-31-47-46-14-7-8-17-50(46)55-51(47)34-43)44-27-22-36(23-28-44)40-19-21-41-32-39(18-20-42(41)33-40)35-10-3-1-4-11-35/h1-8,10-14,16-34,54H,9,15H2. The highest BCUT2D eigenvalue weighted by molar-refractivity contribution is 6.06. The average Bonchev–Trinajstić information content (AvgIpc) is 3.63. The predicted molar refractivity (Wildman–Crippen MR) is 229 cm³/mol. The first-order valence-corrected chi connectivity index (χ1v) is 18.9. The van der Waals surface area contributed by atoms with Gasteiger partial charge in [0, 0.05) is 33.4 Å². The Kier molecular flexibility index (Phi) is 8.11. The van der Waals surface area contributed by atoms with Crippen LogP contribution in [0.5, 0.6) is 0 Å². The van der Waals surface area contributed by atoms with Crippen LogP contribution in [0.1, 0.15) is 18.4 Å². The number of aliphatic hydroxyl groups is 1. The molecule has 1 aliphatic rings. The van der Waals surface area contributed by atoms with Crippen LogP contribution in [0.3, 0.4) is 0 Å². The van der Waals surface area contributed by atoms with E-state index in [4.69, 9.17) is 4.42 Å². The second-order valence-electron chi connectivity index (χ2n) is 14.2. The molecule has 0 spiro atoms. The van der Waals surface area contributed by atoms with Crippen molar-refractivity contribution in [2.45, 2.75) is 12.8 Å². The van der Waals surface area contributed by atoms with Gasteiger partial charge in [0.05, 0.1) is 0 Å². The van der Waals surface area contributed by atoms with E-state index in [0.29, 0.717) is 5.76 Å². The number of anilines is 2. The topological polar surface area (TPSA) is 36.6 Å². The molecule has 3 nitrogen and oxygen atoms in total. The van der Waals surface area contributed by atoms with Crippen LogP contribution in [0, 0.1) is 0 Å². The molecule has 0 saturated carbocycles. The molecular formula is C52H37NO2. The first-order chi connectivity index (χ1) is 27.2. The lowest BCUT2D eigenvalue weighted by molar-refractivity contribution is 0.431. The molecule has 1 heterocycles. The number of benzene rings is 8. The zero-order valence-electron chi connectivity index (χ0n) is 30.2. The van der Waals surface area contributed by atoms with Crippen LogP contribution in [0.25, 0.3) is 71.7 Å². The van der Waals surface area contributed by atoms with Gasteiger partial charge in [-0.25, -0.2) is 0 Å². The Hall–Kier alpha value is -7.10. The van der Waals surface area contributed by atoms with Crippen molar-refractivity contribution < 1.29 is 9.52 Å². The van der Waals surface area contributed by atoms with Crippen molar-refractivity contribution in [2.24, 2.45) is 0 Å². The summed E-state index contributed by atoms with van der Waals surface area (Å²) >= 11 is 0. The van der Waals surface area contributed by atoms with Crippen molar-refractivity contribution in [3.8, 4) is 33.4 Å². The fraction of sp³-hybridized carbons (Fsp3) is 0.0385. The van der Waals surface area contributed by atoms with Crippen LogP contribution in [0.2, 0.25) is 0 Å². The minimum absolute atomic E-state index is 0.316. The summed E-state index contributed by atoms with van der Waals surface area (Å²) < 4.78 is 6.22. The number of fused-ring (bicyclic) bond motifs is 4. The van der Waals surface area contributed by atoms with Gasteiger partial charge in [0.1, 0.15) is 16.9 Å². The van der Waals surface area contributed by atoms with Gasteiger partial charge in [0.25, 0.3) is 0 Å². The largest absolute Gasteiger partial charge is 0.508 e. The molecule has 0 saturated heterocycles. The molecule has 0 radical (unpaired) electrons. The number of para-hydroxylation sites is 1. The van der Waals surface area contributed by atoms with E-state index in [0.717, 1.165) is 79.7 Å². The number of allylic oxidation sites excluding steroid dienone is 3. The molecule has 10 rings (SSSR count). The van der Waals surface area contributed by atoms with Crippen LogP contribution < -0.4 is 4.90 Å². The number of rotatable bonds is 7. The van der Waals surface area contributed by atoms with E-state index in [2.05, 4.69) is 163 Å². The average molecular weight is 708 g/mol. The van der Waals surface area contributed by atoms with E-state index in [-0.39, 0.29) is 0 Å². The molecule has 8 aromatic carbocycles. The molecule has 0 fully saturated rings. The maximum absolute atomic E-state index is 11.4. The highest BCUT2D eigenvalue weighted by Gasteiger charge is 2.25. The molecule has 9 aromatic rings. The monoisotopic (exact) mass is 707 g/mol. The summed E-state index contributed by atoms with van der Waals surface area (Å²) in [5, 5.41) is 16.1. The summed E-state index contributed by atoms with van der Waals surface area (Å²) in [5.74, 6) is 0.316. The van der Waals surface area contributed by atoms with Gasteiger partial charge in [-0.2, -0.15) is 0 Å². The molecule has 0 atom stereocenters. The lowest BCUT2D eigenvalue weighted by Crippen LogP contribution is -2.20. The van der Waals surface area contributed by atoms with Crippen LogP contribution in [-0.4, -0.2) is 5.11 Å². The Morgan fingerprint density at radius 2 is 0.909 bits per heavy atom. The van der Waals surface area contributed by atoms with E-state index in [1.165, 1.54) is 27.5 Å². The minimum Gasteiger partial charge on any atom is -0.508 e. The van der Waals surface area contributed by atoms with Gasteiger partial charge in [-0.3, -0.25) is 0 Å². The van der Waals surface area contributed by atoms with E-state index >= 15 is 0 Å². The number of nitrogens with zero attached hydrogens (tertiary/aromatic N) is 1. The summed E-state index contributed by atoms with van der Waals surface area (Å²) in [4.78, 5) is 2.31. The van der Waals surface area contributed by atoms with Crippen LogP contribution in [0.4, 0.5) is 11.4 Å². The Bertz CT molecular complexity index is 2900. The quantitative estimate of drug-likeness (QED) is 0.179. The lowest BCUT2D eigenvalue weighted by atomic mass is 9.93. The van der Waals surface area contributed by atoms with E-state index in [9.17, 15) is 5.11 Å². The van der Waals surface area contributed by atoms with Gasteiger partial charge in [-0.1, -0.05) is 133 Å². The molecule has 262 valence electrons. The number of aliphatic hydroxyl groups excluding tert-OH is 1. The van der Waals surface area contributed by atoms with Crippen molar-refractivity contribution in [3.05, 3.63) is 211 Å². The fourth-order valence-corrected chi connectivity index (χ4v) is 8.07. The van der Waals surface area contributed by atoms with Crippen molar-refractivity contribution in [1.29, 1.82) is 0 Å². The zero-order valence-corrected chi connectivity index (χ0v) is 30.2. The summed E-state index contributed by atoms with van der Waals surface area (Å²) in [5.41, 5.74) is 13.7. The van der Waals surface area contributed by atoms with Crippen molar-refractivity contribution >= 4 is 49.7 Å².